The van der Waals surface area contributed by atoms with Gasteiger partial charge in [-0.15, -0.1) is 0 Å². The zero-order chi connectivity index (χ0) is 21.3. The number of carbonyl (C=O) groups excluding carboxylic acids is 1. The number of rotatable bonds is 6. The lowest BCUT2D eigenvalue weighted by Crippen LogP contribution is -2.14. The number of carbonyl (C=O) groups is 1. The molecule has 0 aliphatic carbocycles. The normalized spacial score (nSPS) is 14.0. The highest BCUT2D eigenvalue weighted by Gasteiger charge is 2.13. The highest BCUT2D eigenvalue weighted by atomic mass is 16.1. The number of ketones is 1. The highest BCUT2D eigenvalue weighted by Crippen LogP contribution is 2.25. The van der Waals surface area contributed by atoms with Gasteiger partial charge in [-0.1, -0.05) is 48.4 Å². The molecule has 0 fully saturated rings. The lowest BCUT2D eigenvalue weighted by molar-refractivity contribution is 0.0979. The number of fused-ring (bicyclic) bond motifs is 1. The molecular weight excluding hydrogens is 296 g/mol. The van der Waals surface area contributed by atoms with Gasteiger partial charge >= 0.3 is 0 Å². The first-order valence-corrected chi connectivity index (χ1v) is 7.87. The van der Waals surface area contributed by atoms with Crippen LogP contribution in [-0.4, -0.2) is 36.3 Å². The van der Waals surface area contributed by atoms with Gasteiger partial charge in [0.25, 0.3) is 0 Å². The Morgan fingerprint density at radius 3 is 2.67 bits per heavy atom. The third-order valence-corrected chi connectivity index (χ3v) is 3.78. The van der Waals surface area contributed by atoms with E-state index in [2.05, 4.69) is 4.98 Å². The first-order chi connectivity index (χ1) is 13.7. The predicted molar refractivity (Wildman–Crippen MR) is 99.3 cm³/mol. The Labute approximate surface area is 150 Å². The standard InChI is InChI=1S/C21H22N2O/c1-23(2)14-8-13-21(24)18-15-20(16-9-4-3-5-10-16)22-19-12-7-6-11-17(18)19/h3-7,9-12,15H,8,13-14H2,1-2H3/i3D,4D,5D,9D,10D. The van der Waals surface area contributed by atoms with Crippen LogP contribution in [0.5, 0.6) is 0 Å². The van der Waals surface area contributed by atoms with Gasteiger partial charge in [0, 0.05) is 22.9 Å². The first kappa shape index (κ1) is 11.1. The van der Waals surface area contributed by atoms with E-state index in [0.717, 1.165) is 6.54 Å². The van der Waals surface area contributed by atoms with Crippen LogP contribution in [0.1, 0.15) is 30.1 Å². The van der Waals surface area contributed by atoms with Crippen molar-refractivity contribution >= 4 is 16.7 Å². The zero-order valence-electron chi connectivity index (χ0n) is 18.8. The second-order valence-corrected chi connectivity index (χ2v) is 5.90. The molecule has 0 unspecified atom stereocenters. The van der Waals surface area contributed by atoms with Crippen molar-refractivity contribution < 1.29 is 11.6 Å². The summed E-state index contributed by atoms with van der Waals surface area (Å²) in [4.78, 5) is 19.4. The largest absolute Gasteiger partial charge is 0.309 e. The molecule has 0 saturated carbocycles. The summed E-state index contributed by atoms with van der Waals surface area (Å²) in [6.45, 7) is 0.782. The molecule has 2 aromatic carbocycles. The number of pyridine rings is 1. The van der Waals surface area contributed by atoms with E-state index in [9.17, 15) is 4.79 Å². The number of para-hydroxylation sites is 1. The lowest BCUT2D eigenvalue weighted by Gasteiger charge is -2.11. The smallest absolute Gasteiger partial charge is 0.163 e. The Hall–Kier alpha value is -2.52. The molecule has 24 heavy (non-hydrogen) atoms. The quantitative estimate of drug-likeness (QED) is 0.629. The summed E-state index contributed by atoms with van der Waals surface area (Å²) in [5, 5.41) is 0.693. The fourth-order valence-corrected chi connectivity index (χ4v) is 2.60. The average Bonchev–Trinajstić information content (AvgIpc) is 2.70. The number of aromatic nitrogens is 1. The second-order valence-electron chi connectivity index (χ2n) is 5.90. The molecule has 0 spiro atoms. The summed E-state index contributed by atoms with van der Waals surface area (Å²) < 4.78 is 40.0. The van der Waals surface area contributed by atoms with Crippen molar-refractivity contribution in [3.63, 3.8) is 0 Å². The van der Waals surface area contributed by atoms with Crippen LogP contribution in [0.2, 0.25) is 0 Å². The van der Waals surface area contributed by atoms with Gasteiger partial charge in [0.05, 0.1) is 18.1 Å². The van der Waals surface area contributed by atoms with E-state index in [0.29, 0.717) is 29.3 Å². The molecule has 3 nitrogen and oxygen atoms in total. The van der Waals surface area contributed by atoms with Gasteiger partial charge in [0.1, 0.15) is 0 Å². The minimum Gasteiger partial charge on any atom is -0.309 e. The molecule has 0 saturated heterocycles. The Bertz CT molecular complexity index is 1070. The van der Waals surface area contributed by atoms with Crippen LogP contribution < -0.4 is 0 Å². The maximum Gasteiger partial charge on any atom is 0.163 e. The van der Waals surface area contributed by atoms with E-state index in [1.807, 2.05) is 31.1 Å². The third kappa shape index (κ3) is 3.69. The molecule has 3 heteroatoms. The van der Waals surface area contributed by atoms with Crippen LogP contribution in [0, 0.1) is 0 Å². The molecule has 0 aliphatic rings. The lowest BCUT2D eigenvalue weighted by atomic mass is 9.99. The van der Waals surface area contributed by atoms with E-state index in [4.69, 9.17) is 6.85 Å². The van der Waals surface area contributed by atoms with Crippen molar-refractivity contribution in [3.05, 3.63) is 66.1 Å². The summed E-state index contributed by atoms with van der Waals surface area (Å²) in [5.74, 6) is -0.0564. The Kier molecular flexibility index (Phi) is 3.41. The van der Waals surface area contributed by atoms with Gasteiger partial charge in [0.2, 0.25) is 0 Å². The molecule has 122 valence electrons. The minimum atomic E-state index is -0.454. The zero-order valence-corrected chi connectivity index (χ0v) is 13.8. The Balaban J connectivity index is 2.18. The maximum atomic E-state index is 12.9. The summed E-state index contributed by atoms with van der Waals surface area (Å²) in [6.07, 6.45) is 1.05. The van der Waals surface area contributed by atoms with Gasteiger partial charge in [-0.2, -0.15) is 0 Å². The summed E-state index contributed by atoms with van der Waals surface area (Å²) >= 11 is 0. The minimum absolute atomic E-state index is 0.00379. The molecule has 1 heterocycles. The van der Waals surface area contributed by atoms with E-state index >= 15 is 0 Å². The van der Waals surface area contributed by atoms with Gasteiger partial charge in [0.15, 0.2) is 5.78 Å². The van der Waals surface area contributed by atoms with Crippen LogP contribution in [0.3, 0.4) is 0 Å². The fourth-order valence-electron chi connectivity index (χ4n) is 2.60. The first-order valence-electron chi connectivity index (χ1n) is 10.4. The van der Waals surface area contributed by atoms with Crippen LogP contribution in [0.25, 0.3) is 22.2 Å². The molecule has 0 amide bonds. The number of hydrogen-bond donors (Lipinski definition) is 0. The van der Waals surface area contributed by atoms with E-state index < -0.39 is 18.1 Å². The van der Waals surface area contributed by atoms with E-state index in [1.165, 1.54) is 0 Å². The van der Waals surface area contributed by atoms with E-state index in [1.54, 1.807) is 18.2 Å². The SMILES string of the molecule is [2H]c1c([2H])c([2H])c(-c2cc(C(=O)CCCN(C)C)c3ccccc3n2)c([2H])c1[2H]. The molecular formula is C21H22N2O. The summed E-state index contributed by atoms with van der Waals surface area (Å²) in [6, 6.07) is 6.78. The van der Waals surface area contributed by atoms with E-state index in [-0.39, 0.29) is 29.1 Å². The second kappa shape index (κ2) is 7.37. The maximum absolute atomic E-state index is 12.9. The van der Waals surface area contributed by atoms with Crippen LogP contribution in [0.15, 0.2) is 60.5 Å². The van der Waals surface area contributed by atoms with Crippen molar-refractivity contribution in [1.29, 1.82) is 0 Å². The predicted octanol–water partition coefficient (Wildman–Crippen LogP) is 4.43. The number of benzene rings is 2. The Morgan fingerprint density at radius 2 is 1.92 bits per heavy atom. The van der Waals surface area contributed by atoms with Gasteiger partial charge in [-0.25, -0.2) is 4.98 Å². The molecule has 0 N–H and O–H groups in total. The van der Waals surface area contributed by atoms with Gasteiger partial charge in [-0.05, 0) is 39.2 Å². The van der Waals surface area contributed by atoms with Gasteiger partial charge in [-0.3, -0.25) is 4.79 Å². The number of hydrogen-bond acceptors (Lipinski definition) is 3. The van der Waals surface area contributed by atoms with Crippen molar-refractivity contribution in [2.45, 2.75) is 12.8 Å². The average molecular weight is 323 g/mol. The topological polar surface area (TPSA) is 33.2 Å². The van der Waals surface area contributed by atoms with Crippen molar-refractivity contribution in [3.8, 4) is 11.3 Å². The third-order valence-electron chi connectivity index (χ3n) is 3.78. The van der Waals surface area contributed by atoms with Crippen LogP contribution in [0.4, 0.5) is 0 Å². The molecule has 0 bridgehead atoms. The van der Waals surface area contributed by atoms with Gasteiger partial charge < -0.3 is 4.90 Å². The Morgan fingerprint density at radius 1 is 1.17 bits per heavy atom. The van der Waals surface area contributed by atoms with Crippen LogP contribution >= 0.6 is 0 Å². The molecule has 1 aromatic heterocycles. The van der Waals surface area contributed by atoms with Crippen molar-refractivity contribution in [2.24, 2.45) is 0 Å². The molecule has 3 rings (SSSR count). The molecule has 3 aromatic rings. The van der Waals surface area contributed by atoms with Crippen LogP contribution in [-0.2, 0) is 0 Å². The molecule has 0 radical (unpaired) electrons. The van der Waals surface area contributed by atoms with Crippen molar-refractivity contribution in [2.75, 3.05) is 20.6 Å². The van der Waals surface area contributed by atoms with Crippen molar-refractivity contribution in [1.82, 2.24) is 9.88 Å². The fraction of sp³-hybridized carbons (Fsp3) is 0.238. The molecule has 0 aliphatic heterocycles. The number of nitrogens with zero attached hydrogens (tertiary/aromatic N) is 2. The number of Topliss-reactive ketones (excluding diaryl/α,β-unsaturated/α-hetero) is 1. The monoisotopic (exact) mass is 323 g/mol. The highest BCUT2D eigenvalue weighted by molar-refractivity contribution is 6.08. The summed E-state index contributed by atoms with van der Waals surface area (Å²) in [5.41, 5.74) is 1.21. The molecule has 0 atom stereocenters. The summed E-state index contributed by atoms with van der Waals surface area (Å²) in [7, 11) is 3.89.